The Hall–Kier alpha value is -4.59. The minimum absolute atomic E-state index is 0.000536. The summed E-state index contributed by atoms with van der Waals surface area (Å²) in [7, 11) is 0.437. The smallest absolute Gasteiger partial charge is 0.263 e. The molecule has 2 aliphatic heterocycles. The van der Waals surface area contributed by atoms with E-state index >= 15 is 0 Å². The maximum atomic E-state index is 12.1. The van der Waals surface area contributed by atoms with E-state index in [1.165, 1.54) is 35.7 Å². The fourth-order valence-corrected chi connectivity index (χ4v) is 5.78. The number of hydrogen-bond acceptors (Lipinski definition) is 19. The second kappa shape index (κ2) is 15.1. The van der Waals surface area contributed by atoms with Crippen LogP contribution < -0.4 is 22.6 Å². The highest BCUT2D eigenvalue weighted by molar-refractivity contribution is 7.45. The first-order valence-corrected chi connectivity index (χ1v) is 15.7. The summed E-state index contributed by atoms with van der Waals surface area (Å²) in [6, 6.07) is 3.80. The number of H-pyrrole nitrogens is 2. The Morgan fingerprint density at radius 1 is 0.900 bits per heavy atom. The van der Waals surface area contributed by atoms with Gasteiger partial charge in [0.2, 0.25) is 26.6 Å². The summed E-state index contributed by atoms with van der Waals surface area (Å²) >= 11 is 0. The van der Waals surface area contributed by atoms with Gasteiger partial charge in [0.15, 0.2) is 23.8 Å². The van der Waals surface area contributed by atoms with Gasteiger partial charge in [-0.15, -0.1) is 0 Å². The number of hydrogen-bond donors (Lipinski definition) is 9. The van der Waals surface area contributed by atoms with Crippen LogP contribution in [-0.4, -0.2) is 118 Å². The van der Waals surface area contributed by atoms with Gasteiger partial charge >= 0.3 is 0 Å². The largest absolute Gasteiger partial charge is 0.394 e. The Labute approximate surface area is 280 Å². The molecule has 2 fully saturated rings. The number of methoxy groups -OCH3 is 2. The third kappa shape index (κ3) is 6.64. The van der Waals surface area contributed by atoms with Gasteiger partial charge in [-0.3, -0.25) is 19.6 Å². The maximum absolute atomic E-state index is 12.1. The molecule has 0 bridgehead atoms. The summed E-state index contributed by atoms with van der Waals surface area (Å²) in [5.41, 5.74) is 10.3. The van der Waals surface area contributed by atoms with Gasteiger partial charge in [-0.2, -0.15) is 30.1 Å². The fraction of sp³-hybridized carbons (Fsp3) is 0.462. The maximum Gasteiger partial charge on any atom is 0.263 e. The minimum Gasteiger partial charge on any atom is -0.394 e. The zero-order valence-corrected chi connectivity index (χ0v) is 26.9. The summed E-state index contributed by atoms with van der Waals surface area (Å²) in [4.78, 5) is 51.0. The van der Waals surface area contributed by atoms with Crippen LogP contribution in [-0.2, 0) is 28.5 Å². The molecule has 0 aromatic carbocycles. The molecule has 3 unspecified atom stereocenters. The van der Waals surface area contributed by atoms with E-state index in [0.29, 0.717) is 0 Å². The van der Waals surface area contributed by atoms with Crippen LogP contribution in [0.15, 0.2) is 22.0 Å². The van der Waals surface area contributed by atoms with Crippen molar-refractivity contribution in [3.05, 3.63) is 44.2 Å². The van der Waals surface area contributed by atoms with Crippen molar-refractivity contribution in [3.8, 4) is 12.1 Å². The summed E-state index contributed by atoms with van der Waals surface area (Å²) in [6.07, 6.45) is -6.38. The Bertz CT molecular complexity index is 2050. The molecule has 268 valence electrons. The van der Waals surface area contributed by atoms with E-state index in [9.17, 15) is 40.3 Å². The molecule has 0 radical (unpaired) electrons. The van der Waals surface area contributed by atoms with Gasteiger partial charge in [0.05, 0.1) is 17.7 Å². The van der Waals surface area contributed by atoms with Crippen molar-refractivity contribution in [1.82, 2.24) is 29.1 Å². The molecule has 0 saturated carbocycles. The number of nitrogens with one attached hydrogen (secondary N) is 2. The molecular weight excluding hydrogens is 691 g/mol. The van der Waals surface area contributed by atoms with Gasteiger partial charge in [0, 0.05) is 26.6 Å². The van der Waals surface area contributed by atoms with Crippen LogP contribution in [0.3, 0.4) is 0 Å². The summed E-state index contributed by atoms with van der Waals surface area (Å²) in [5.74, 6) is -0.286. The molecular formula is C26H31N10O13P. The first kappa shape index (κ1) is 36.7. The monoisotopic (exact) mass is 722 g/mol. The van der Waals surface area contributed by atoms with Gasteiger partial charge in [0.25, 0.3) is 11.1 Å². The van der Waals surface area contributed by atoms with Crippen molar-refractivity contribution in [3.63, 3.8) is 0 Å². The predicted molar refractivity (Wildman–Crippen MR) is 166 cm³/mol. The summed E-state index contributed by atoms with van der Waals surface area (Å²) in [5, 5.41) is 57.1. The van der Waals surface area contributed by atoms with E-state index in [0.717, 1.165) is 0 Å². The Morgan fingerprint density at radius 2 is 1.38 bits per heavy atom. The molecule has 2 aliphatic rings. The molecule has 23 nitrogen and oxygen atoms in total. The second-order valence-corrected chi connectivity index (χ2v) is 11.7. The number of aromatic amines is 2. The number of ether oxygens (including phenoxy) is 4. The fourth-order valence-electron chi connectivity index (χ4n) is 5.54. The third-order valence-electron chi connectivity index (χ3n) is 7.74. The molecule has 0 aliphatic carbocycles. The lowest BCUT2D eigenvalue weighted by Gasteiger charge is -2.20. The number of aliphatic hydroxyl groups is 4. The van der Waals surface area contributed by atoms with E-state index in [2.05, 4.69) is 24.6 Å². The summed E-state index contributed by atoms with van der Waals surface area (Å²) < 4.78 is 28.9. The zero-order chi connectivity index (χ0) is 36.4. The van der Waals surface area contributed by atoms with Crippen molar-refractivity contribution >= 4 is 42.3 Å². The average molecular weight is 723 g/mol. The lowest BCUT2D eigenvalue weighted by molar-refractivity contribution is -0.332. The van der Waals surface area contributed by atoms with Crippen molar-refractivity contribution in [1.29, 1.82) is 10.5 Å². The Balaban J connectivity index is 0.000000197. The number of aliphatic hydroxyl groups excluding tert-OH is 4. The van der Waals surface area contributed by atoms with E-state index in [1.807, 2.05) is 12.1 Å². The number of anilines is 2. The first-order chi connectivity index (χ1) is 23.9. The lowest BCUT2D eigenvalue weighted by atomic mass is 10.1. The summed E-state index contributed by atoms with van der Waals surface area (Å²) in [6.45, 7) is -0.405. The Kier molecular flexibility index (Phi) is 11.1. The average Bonchev–Trinajstić information content (AvgIpc) is 3.83. The highest BCUT2D eigenvalue weighted by Crippen LogP contribution is 2.38. The van der Waals surface area contributed by atoms with Crippen LogP contribution in [0.25, 0.3) is 22.1 Å². The van der Waals surface area contributed by atoms with Gasteiger partial charge < -0.3 is 64.9 Å². The number of aromatic nitrogens is 6. The molecule has 0 spiro atoms. The SMILES string of the molecule is COC1[C@@H](O)[C@@H](CO)O[C@H]1n1cc(C#N)c2c(=O)[nH]c(N)nc21.COC1[C@@H](O)[C@@H](OOP(O)CO)O[C@H]1n1cc(C#N)c2c(=O)[nH]c(N)nc21. The molecule has 6 heterocycles. The standard InChI is InChI=1S/C13H16N5O8P.C13H15N5O5/c1-23-8-7(20)12(25-26-27(22)4-19)24-11(8)18-3-5(2-14)6-9(18)16-13(15)17-10(6)21;1-22-9-8(20)6(4-19)23-12(9)18-3-5(2-14)7-10(18)16-13(15)17-11(7)21/h3,7-8,11-12,19-20,22H,4H2,1H3,(H3,15,16,17,21);3,6,8-9,12,19-20H,4H2,1H3,(H3,15,16,17,21)/t7-,8?,11-,12-,27?;6-,8+,9?,12-/m11/s1. The van der Waals surface area contributed by atoms with Crippen molar-refractivity contribution in [2.24, 2.45) is 0 Å². The van der Waals surface area contributed by atoms with Gasteiger partial charge in [-0.1, -0.05) is 0 Å². The molecule has 6 rings (SSSR count). The second-order valence-electron chi connectivity index (χ2n) is 10.6. The first-order valence-electron chi connectivity index (χ1n) is 14.3. The van der Waals surface area contributed by atoms with Crippen molar-refractivity contribution < 1.29 is 53.8 Å². The van der Waals surface area contributed by atoms with Gasteiger partial charge in [0.1, 0.15) is 59.8 Å². The Morgan fingerprint density at radius 3 is 1.82 bits per heavy atom. The number of nitrogens with zero attached hydrogens (tertiary/aromatic N) is 6. The lowest BCUT2D eigenvalue weighted by Crippen LogP contribution is -2.34. The third-order valence-corrected chi connectivity index (χ3v) is 8.24. The normalized spacial score (nSPS) is 26.8. The van der Waals surface area contributed by atoms with Crippen molar-refractivity contribution in [2.45, 2.75) is 49.3 Å². The molecule has 11 N–H and O–H groups in total. The minimum atomic E-state index is -2.26. The van der Waals surface area contributed by atoms with E-state index < -0.39 is 81.7 Å². The van der Waals surface area contributed by atoms with Gasteiger partial charge in [-0.05, 0) is 0 Å². The number of rotatable bonds is 9. The molecule has 0 amide bonds. The number of nitriles is 2. The molecule has 4 aromatic rings. The van der Waals surface area contributed by atoms with Crippen LogP contribution in [0.5, 0.6) is 0 Å². The van der Waals surface area contributed by atoms with Crippen LogP contribution in [0.4, 0.5) is 11.9 Å². The molecule has 24 heteroatoms. The number of nitrogens with two attached hydrogens (primary N) is 2. The van der Waals surface area contributed by atoms with E-state index in [1.54, 1.807) is 0 Å². The molecule has 4 aromatic heterocycles. The van der Waals surface area contributed by atoms with Crippen LogP contribution in [0.1, 0.15) is 23.6 Å². The zero-order valence-electron chi connectivity index (χ0n) is 26.0. The number of fused-ring (bicyclic) bond motifs is 2. The van der Waals surface area contributed by atoms with E-state index in [-0.39, 0.29) is 45.1 Å². The van der Waals surface area contributed by atoms with Crippen LogP contribution in [0.2, 0.25) is 0 Å². The highest BCUT2D eigenvalue weighted by Gasteiger charge is 2.48. The van der Waals surface area contributed by atoms with Crippen LogP contribution in [0, 0.1) is 22.7 Å². The molecule has 2 saturated heterocycles. The number of nitrogen functional groups attached to an aromatic ring is 2. The van der Waals surface area contributed by atoms with E-state index in [4.69, 9.17) is 40.4 Å². The van der Waals surface area contributed by atoms with Crippen LogP contribution >= 0.6 is 8.38 Å². The quantitative estimate of drug-likeness (QED) is 0.0474. The predicted octanol–water partition coefficient (Wildman–Crippen LogP) is -2.94. The van der Waals surface area contributed by atoms with Gasteiger partial charge in [-0.25, -0.2) is 0 Å². The molecule has 9 atom stereocenters. The molecule has 50 heavy (non-hydrogen) atoms. The highest BCUT2D eigenvalue weighted by atomic mass is 31.2. The van der Waals surface area contributed by atoms with Crippen molar-refractivity contribution in [2.75, 3.05) is 38.6 Å². The topological polar surface area (TPSA) is 358 Å².